The number of nitrogens with zero attached hydrogens (tertiary/aromatic N) is 5. The van der Waals surface area contributed by atoms with Gasteiger partial charge in [-0.3, -0.25) is 19.2 Å². The highest BCUT2D eigenvalue weighted by Gasteiger charge is 2.54. The second-order valence-corrected chi connectivity index (χ2v) is 12.3. The van der Waals surface area contributed by atoms with Gasteiger partial charge in [-0.1, -0.05) is 23.7 Å². The lowest BCUT2D eigenvalue weighted by molar-refractivity contribution is -0.193. The summed E-state index contributed by atoms with van der Waals surface area (Å²) >= 11 is 6.38. The molecule has 1 saturated heterocycles. The van der Waals surface area contributed by atoms with E-state index in [2.05, 4.69) is 49.8 Å². The van der Waals surface area contributed by atoms with E-state index < -0.39 is 36.4 Å². The van der Waals surface area contributed by atoms with Crippen molar-refractivity contribution < 1.29 is 63.4 Å². The molecule has 304 valence electrons. The van der Waals surface area contributed by atoms with Crippen molar-refractivity contribution in [3.05, 3.63) is 77.6 Å². The van der Waals surface area contributed by atoms with Gasteiger partial charge in [0, 0.05) is 68.7 Å². The Morgan fingerprint density at radius 2 is 1.44 bits per heavy atom. The minimum atomic E-state index is -5.77. The van der Waals surface area contributed by atoms with Gasteiger partial charge >= 0.3 is 30.1 Å². The van der Waals surface area contributed by atoms with Crippen LogP contribution in [0.3, 0.4) is 0 Å². The second kappa shape index (κ2) is 18.3. The lowest BCUT2D eigenvalue weighted by Gasteiger charge is -2.34. The van der Waals surface area contributed by atoms with Gasteiger partial charge in [0.2, 0.25) is 18.1 Å². The number of nitrogens with one attached hydrogen (secondary N) is 2. The number of ether oxygens (including phenoxy) is 1. The molecule has 2 N–H and O–H groups in total. The molecule has 2 aliphatic rings. The maximum Gasteiger partial charge on any atom is 0.458 e. The molecule has 0 saturated carbocycles. The molecule has 0 spiro atoms. The number of pyridine rings is 1. The summed E-state index contributed by atoms with van der Waals surface area (Å²) < 4.78 is 104. The number of rotatable bonds is 3. The fraction of sp³-hybridized carbons (Fsp3) is 0.286. The molecular weight excluding hydrogens is 805 g/mol. The first kappa shape index (κ1) is 43.7. The van der Waals surface area contributed by atoms with Crippen molar-refractivity contribution in [2.24, 2.45) is 0 Å². The van der Waals surface area contributed by atoms with E-state index in [9.17, 15) is 53.9 Å². The zero-order valence-corrected chi connectivity index (χ0v) is 30.0. The smallest absolute Gasteiger partial charge is 0.458 e. The third kappa shape index (κ3) is 13.0. The molecule has 0 atom stereocenters. The zero-order chi connectivity index (χ0) is 42.1. The fourth-order valence-electron chi connectivity index (χ4n) is 5.06. The van der Waals surface area contributed by atoms with Crippen LogP contribution in [0.4, 0.5) is 68.5 Å². The van der Waals surface area contributed by atoms with Crippen LogP contribution >= 0.6 is 11.6 Å². The Kier molecular flexibility index (Phi) is 14.0. The predicted octanol–water partition coefficient (Wildman–Crippen LogP) is 7.28. The number of Topliss-reactive ketones (excluding diaryl/α,β-unsaturated/α-hetero) is 2. The summed E-state index contributed by atoms with van der Waals surface area (Å²) in [6.45, 7) is 5.12. The van der Waals surface area contributed by atoms with E-state index in [0.29, 0.717) is 36.5 Å². The van der Waals surface area contributed by atoms with Crippen molar-refractivity contribution in [2.45, 2.75) is 31.9 Å². The van der Waals surface area contributed by atoms with Gasteiger partial charge in [-0.15, -0.1) is 0 Å². The van der Waals surface area contributed by atoms with Crippen molar-refractivity contribution in [1.29, 1.82) is 0 Å². The summed E-state index contributed by atoms with van der Waals surface area (Å²) in [7, 11) is 0. The molecule has 0 unspecified atom stereocenters. The predicted molar refractivity (Wildman–Crippen MR) is 188 cm³/mol. The summed E-state index contributed by atoms with van der Waals surface area (Å²) in [6, 6.07) is 18.1. The Balaban J connectivity index is 0.000000334. The second-order valence-electron chi connectivity index (χ2n) is 11.9. The maximum absolute atomic E-state index is 11.6. The van der Waals surface area contributed by atoms with Crippen molar-refractivity contribution in [3.8, 4) is 16.9 Å². The normalized spacial score (nSPS) is 14.1. The van der Waals surface area contributed by atoms with Crippen molar-refractivity contribution >= 4 is 64.3 Å². The molecule has 2 aliphatic heterocycles. The van der Waals surface area contributed by atoms with Crippen LogP contribution in [-0.2, 0) is 25.6 Å². The highest BCUT2D eigenvalue weighted by molar-refractivity contribution is 6.41. The molecule has 4 heterocycles. The summed E-state index contributed by atoms with van der Waals surface area (Å²) in [5.74, 6) is -4.08. The molecule has 2 aromatic heterocycles. The standard InChI is InChI=1S/C29H28ClN7O2.C4F6O2.C2HF3O/c1-19(38)36-8-10-37(11-9-36)27-6-5-21(17-31-27)22-13-20-7-12-39-25-4-2-3-23(16-25)33-28-26(30)18-32-29(35-28)34-24(14-20)15-22;5-3(6,7)1(11)2(12)4(8,9)10;3-2(4,5)1-6/h2-6,13-18H,7-12H2,1H3,(H2,32,33,34,35);;1H. The molecule has 1 fully saturated rings. The molecule has 4 aromatic rings. The number of aldehydes is 1. The van der Waals surface area contributed by atoms with E-state index in [1.165, 1.54) is 0 Å². The summed E-state index contributed by atoms with van der Waals surface area (Å²) in [5, 5.41) is 7.01. The summed E-state index contributed by atoms with van der Waals surface area (Å²) in [6.07, 6.45) is -13.0. The number of carbonyl (C=O) groups excluding carboxylic acids is 4. The number of ketones is 2. The maximum atomic E-state index is 11.6. The van der Waals surface area contributed by atoms with Crippen LogP contribution in [0.1, 0.15) is 12.5 Å². The average Bonchev–Trinajstić information content (AvgIpc) is 3.15. The first-order chi connectivity index (χ1) is 26.6. The number of alkyl halides is 9. The molecule has 6 bridgehead atoms. The molecule has 22 heteroatoms. The molecule has 57 heavy (non-hydrogen) atoms. The third-order valence-electron chi connectivity index (χ3n) is 7.73. The molecule has 1 amide bonds. The molecule has 2 aromatic carbocycles. The lowest BCUT2D eigenvalue weighted by atomic mass is 10.0. The van der Waals surface area contributed by atoms with Crippen LogP contribution in [0.5, 0.6) is 5.75 Å². The zero-order valence-electron chi connectivity index (χ0n) is 29.2. The van der Waals surface area contributed by atoms with Gasteiger partial charge in [0.05, 0.1) is 12.8 Å². The highest BCUT2D eigenvalue weighted by atomic mass is 35.5. The van der Waals surface area contributed by atoms with E-state index in [-0.39, 0.29) is 5.91 Å². The van der Waals surface area contributed by atoms with Gasteiger partial charge in [-0.05, 0) is 47.5 Å². The number of hydrogen-bond donors (Lipinski definition) is 2. The molecule has 0 radical (unpaired) electrons. The third-order valence-corrected chi connectivity index (χ3v) is 8.01. The SMILES string of the molecule is CC(=O)N1CCN(c2ccc(-c3cc4cc(c3)Nc3ncc(Cl)c(n3)Nc3cccc(c3)OCC4)cn2)CC1.O=C(C(=O)C(F)(F)F)C(F)(F)F.O=CC(F)(F)F. The van der Waals surface area contributed by atoms with Crippen LogP contribution in [-0.4, -0.2) is 94.9 Å². The Hall–Kier alpha value is -5.99. The van der Waals surface area contributed by atoms with E-state index in [1.54, 1.807) is 13.1 Å². The monoisotopic (exact) mass is 833 g/mol. The average molecular weight is 834 g/mol. The number of amides is 1. The van der Waals surface area contributed by atoms with Crippen LogP contribution in [0.2, 0.25) is 5.02 Å². The van der Waals surface area contributed by atoms with Crippen LogP contribution in [0.25, 0.3) is 11.1 Å². The molecule has 0 aliphatic carbocycles. The van der Waals surface area contributed by atoms with Crippen LogP contribution in [0, 0.1) is 0 Å². The van der Waals surface area contributed by atoms with E-state index in [1.807, 2.05) is 41.4 Å². The van der Waals surface area contributed by atoms with Gasteiger partial charge in [0.25, 0.3) is 0 Å². The number of piperazine rings is 1. The topological polar surface area (TPSA) is 147 Å². The number of aromatic nitrogens is 3. The number of benzene rings is 2. The Bertz CT molecular complexity index is 2050. The Morgan fingerprint density at radius 1 is 0.789 bits per heavy atom. The van der Waals surface area contributed by atoms with E-state index >= 15 is 0 Å². The number of hydrogen-bond acceptors (Lipinski definition) is 11. The largest absolute Gasteiger partial charge is 0.493 e. The van der Waals surface area contributed by atoms with Gasteiger partial charge in [-0.2, -0.15) is 44.5 Å². The van der Waals surface area contributed by atoms with Crippen LogP contribution in [0.15, 0.2) is 67.0 Å². The molecular formula is C35H29ClF9N7O5. The Labute approximate surface area is 322 Å². The first-order valence-corrected chi connectivity index (χ1v) is 16.7. The van der Waals surface area contributed by atoms with Gasteiger partial charge in [0.1, 0.15) is 16.6 Å². The number of halogens is 10. The number of fused-ring (bicyclic) bond motifs is 6. The van der Waals surface area contributed by atoms with Gasteiger partial charge in [0.15, 0.2) is 5.82 Å². The fourth-order valence-corrected chi connectivity index (χ4v) is 5.20. The van der Waals surface area contributed by atoms with E-state index in [4.69, 9.17) is 26.1 Å². The van der Waals surface area contributed by atoms with E-state index in [0.717, 1.165) is 59.1 Å². The summed E-state index contributed by atoms with van der Waals surface area (Å²) in [5.41, 5.74) is 4.82. The number of carbonyl (C=O) groups is 4. The van der Waals surface area contributed by atoms with Crippen molar-refractivity contribution in [1.82, 2.24) is 19.9 Å². The van der Waals surface area contributed by atoms with Crippen molar-refractivity contribution in [3.63, 3.8) is 0 Å². The quantitative estimate of drug-likeness (QED) is 0.122. The van der Waals surface area contributed by atoms with Gasteiger partial charge < -0.3 is 25.2 Å². The highest BCUT2D eigenvalue weighted by Crippen LogP contribution is 2.31. The van der Waals surface area contributed by atoms with Crippen molar-refractivity contribution in [2.75, 3.05) is 48.3 Å². The van der Waals surface area contributed by atoms with Crippen LogP contribution < -0.4 is 20.3 Å². The summed E-state index contributed by atoms with van der Waals surface area (Å²) in [4.78, 5) is 57.4. The Morgan fingerprint density at radius 3 is 2.00 bits per heavy atom. The molecule has 12 nitrogen and oxygen atoms in total. The molecule has 6 rings (SSSR count). The number of anilines is 5. The minimum absolute atomic E-state index is 0.120. The first-order valence-electron chi connectivity index (χ1n) is 16.3. The minimum Gasteiger partial charge on any atom is -0.493 e. The van der Waals surface area contributed by atoms with Gasteiger partial charge in [-0.25, -0.2) is 9.97 Å². The lowest BCUT2D eigenvalue weighted by Crippen LogP contribution is -2.48.